The van der Waals surface area contributed by atoms with Gasteiger partial charge >= 0.3 is 6.09 Å². The van der Waals surface area contributed by atoms with Crippen molar-refractivity contribution in [3.05, 3.63) is 43.0 Å². The third kappa shape index (κ3) is 5.07. The molecule has 0 bridgehead atoms. The van der Waals surface area contributed by atoms with Crippen LogP contribution in [0.3, 0.4) is 0 Å². The first kappa shape index (κ1) is 22.4. The minimum atomic E-state index is -0.542. The average molecular weight is 426 g/mol. The quantitative estimate of drug-likeness (QED) is 0.561. The summed E-state index contributed by atoms with van der Waals surface area (Å²) in [5, 5.41) is 4.38. The van der Waals surface area contributed by atoms with Crippen LogP contribution in [0.1, 0.15) is 40.3 Å². The molecule has 0 N–H and O–H groups in total. The summed E-state index contributed by atoms with van der Waals surface area (Å²) in [6, 6.07) is 3.94. The lowest BCUT2D eigenvalue weighted by Crippen LogP contribution is -2.41. The number of aryl methyl sites for hydroxylation is 1. The Kier molecular flexibility index (Phi) is 6.38. The molecule has 3 heterocycles. The second-order valence-corrected chi connectivity index (χ2v) is 8.47. The van der Waals surface area contributed by atoms with E-state index in [9.17, 15) is 4.79 Å². The number of amides is 1. The van der Waals surface area contributed by atoms with E-state index in [1.165, 1.54) is 0 Å². The number of hydrogen-bond donors (Lipinski definition) is 0. The molecule has 0 spiro atoms. The molecule has 0 radical (unpaired) electrons. The number of carbonyl (C=O) groups is 1. The SMILES string of the molecule is C=Cc1cnc2ccc(-c3cnn(C)c3O[C@@H](C)CN(CC)C(=O)OC(C)(C)C)cn12. The lowest BCUT2D eigenvalue weighted by atomic mass is 10.1. The Bertz CT molecular complexity index is 1080. The normalized spacial score (nSPS) is 12.6. The zero-order valence-electron chi connectivity index (χ0n) is 19.1. The summed E-state index contributed by atoms with van der Waals surface area (Å²) in [6.45, 7) is 14.2. The standard InChI is InChI=1S/C23H31N5O3/c1-8-18-12-24-20-11-10-17(15-28(18)20)19-13-25-26(7)21(19)30-16(3)14-27(9-2)22(29)31-23(4,5)6/h8,10-13,15-16H,1,9,14H2,2-7H3/t16-/m0/s1. The number of pyridine rings is 1. The van der Waals surface area contributed by atoms with Crippen molar-refractivity contribution in [3.8, 4) is 17.0 Å². The Morgan fingerprint density at radius 1 is 1.32 bits per heavy atom. The highest BCUT2D eigenvalue weighted by Gasteiger charge is 2.24. The fourth-order valence-electron chi connectivity index (χ4n) is 3.27. The van der Waals surface area contributed by atoms with Gasteiger partial charge in [-0.3, -0.25) is 4.40 Å². The number of fused-ring (bicyclic) bond motifs is 1. The number of rotatable bonds is 7. The maximum atomic E-state index is 12.5. The Balaban J connectivity index is 1.81. The molecule has 0 aliphatic carbocycles. The van der Waals surface area contributed by atoms with Gasteiger partial charge in [0.1, 0.15) is 17.4 Å². The van der Waals surface area contributed by atoms with E-state index in [0.717, 1.165) is 22.5 Å². The first-order chi connectivity index (χ1) is 14.6. The molecule has 0 saturated heterocycles. The zero-order chi connectivity index (χ0) is 22.8. The predicted molar refractivity (Wildman–Crippen MR) is 121 cm³/mol. The van der Waals surface area contributed by atoms with Gasteiger partial charge in [0.15, 0.2) is 0 Å². The van der Waals surface area contributed by atoms with E-state index < -0.39 is 5.60 Å². The second-order valence-electron chi connectivity index (χ2n) is 8.47. The van der Waals surface area contributed by atoms with Crippen molar-refractivity contribution < 1.29 is 14.3 Å². The van der Waals surface area contributed by atoms with Gasteiger partial charge in [-0.25, -0.2) is 14.5 Å². The number of carbonyl (C=O) groups excluding carboxylic acids is 1. The van der Waals surface area contributed by atoms with Crippen molar-refractivity contribution in [2.45, 2.75) is 46.3 Å². The Labute approximate surface area is 183 Å². The van der Waals surface area contributed by atoms with Crippen molar-refractivity contribution in [1.82, 2.24) is 24.1 Å². The number of aromatic nitrogens is 4. The topological polar surface area (TPSA) is 73.9 Å². The van der Waals surface area contributed by atoms with Crippen molar-refractivity contribution in [2.75, 3.05) is 13.1 Å². The van der Waals surface area contributed by atoms with Crippen molar-refractivity contribution in [2.24, 2.45) is 7.05 Å². The first-order valence-electron chi connectivity index (χ1n) is 10.4. The Morgan fingerprint density at radius 2 is 2.06 bits per heavy atom. The first-order valence-corrected chi connectivity index (χ1v) is 10.4. The number of ether oxygens (including phenoxy) is 2. The lowest BCUT2D eigenvalue weighted by Gasteiger charge is -2.28. The van der Waals surface area contributed by atoms with Crippen LogP contribution >= 0.6 is 0 Å². The molecule has 1 amide bonds. The highest BCUT2D eigenvalue weighted by Crippen LogP contribution is 2.31. The smallest absolute Gasteiger partial charge is 0.410 e. The van der Waals surface area contributed by atoms with Gasteiger partial charge in [0.05, 0.1) is 30.2 Å². The Hall–Kier alpha value is -3.29. The van der Waals surface area contributed by atoms with Gasteiger partial charge in [-0.05, 0) is 52.8 Å². The van der Waals surface area contributed by atoms with Crippen LogP contribution in [-0.4, -0.2) is 55.0 Å². The summed E-state index contributed by atoms with van der Waals surface area (Å²) < 4.78 is 15.4. The fourth-order valence-corrected chi connectivity index (χ4v) is 3.27. The van der Waals surface area contributed by atoms with E-state index in [0.29, 0.717) is 19.0 Å². The largest absolute Gasteiger partial charge is 0.472 e. The molecule has 3 aromatic rings. The van der Waals surface area contributed by atoms with Gasteiger partial charge in [0.2, 0.25) is 5.88 Å². The summed E-state index contributed by atoms with van der Waals surface area (Å²) in [4.78, 5) is 18.5. The maximum Gasteiger partial charge on any atom is 0.410 e. The molecule has 8 nitrogen and oxygen atoms in total. The van der Waals surface area contributed by atoms with E-state index in [2.05, 4.69) is 16.7 Å². The number of hydrogen-bond acceptors (Lipinski definition) is 5. The fraction of sp³-hybridized carbons (Fsp3) is 0.435. The van der Waals surface area contributed by atoms with Crippen molar-refractivity contribution in [1.29, 1.82) is 0 Å². The van der Waals surface area contributed by atoms with Gasteiger partial charge < -0.3 is 14.4 Å². The average Bonchev–Trinajstić information content (AvgIpc) is 3.27. The van der Waals surface area contributed by atoms with E-state index >= 15 is 0 Å². The van der Waals surface area contributed by atoms with Crippen LogP contribution in [0.15, 0.2) is 37.3 Å². The van der Waals surface area contributed by atoms with E-state index in [4.69, 9.17) is 9.47 Å². The molecule has 0 saturated carbocycles. The molecule has 0 aliphatic rings. The maximum absolute atomic E-state index is 12.5. The molecule has 0 unspecified atom stereocenters. The summed E-state index contributed by atoms with van der Waals surface area (Å²) in [7, 11) is 1.84. The third-order valence-corrected chi connectivity index (χ3v) is 4.76. The zero-order valence-corrected chi connectivity index (χ0v) is 19.1. The minimum Gasteiger partial charge on any atom is -0.472 e. The third-order valence-electron chi connectivity index (χ3n) is 4.76. The molecule has 0 aromatic carbocycles. The van der Waals surface area contributed by atoms with Gasteiger partial charge in [-0.15, -0.1) is 0 Å². The van der Waals surface area contributed by atoms with Crippen LogP contribution in [0.2, 0.25) is 0 Å². The van der Waals surface area contributed by atoms with Crippen LogP contribution in [0.25, 0.3) is 22.9 Å². The number of likely N-dealkylation sites (N-methyl/N-ethyl adjacent to an activating group) is 1. The van der Waals surface area contributed by atoms with E-state index in [-0.39, 0.29) is 12.2 Å². The molecule has 3 rings (SSSR count). The summed E-state index contributed by atoms with van der Waals surface area (Å²) in [6.07, 6.45) is 6.71. The Morgan fingerprint density at radius 3 is 2.71 bits per heavy atom. The van der Waals surface area contributed by atoms with Crippen molar-refractivity contribution in [3.63, 3.8) is 0 Å². The van der Waals surface area contributed by atoms with Crippen LogP contribution in [0.5, 0.6) is 5.88 Å². The lowest BCUT2D eigenvalue weighted by molar-refractivity contribution is 0.0188. The molecule has 8 heteroatoms. The number of imidazole rings is 1. The number of nitrogens with zero attached hydrogens (tertiary/aromatic N) is 5. The highest BCUT2D eigenvalue weighted by molar-refractivity contribution is 5.70. The summed E-state index contributed by atoms with van der Waals surface area (Å²) in [5.41, 5.74) is 3.02. The molecule has 166 valence electrons. The minimum absolute atomic E-state index is 0.262. The molecule has 0 fully saturated rings. The van der Waals surface area contributed by atoms with E-state index in [1.54, 1.807) is 28.1 Å². The second kappa shape index (κ2) is 8.83. The molecule has 31 heavy (non-hydrogen) atoms. The molecule has 1 atom stereocenters. The summed E-state index contributed by atoms with van der Waals surface area (Å²) >= 11 is 0. The molecule has 0 aliphatic heterocycles. The van der Waals surface area contributed by atoms with Gasteiger partial charge in [0.25, 0.3) is 0 Å². The van der Waals surface area contributed by atoms with Crippen LogP contribution < -0.4 is 4.74 Å². The van der Waals surface area contributed by atoms with Crippen LogP contribution in [-0.2, 0) is 11.8 Å². The van der Waals surface area contributed by atoms with Gasteiger partial charge in [-0.1, -0.05) is 6.58 Å². The molecular formula is C23H31N5O3. The molecular weight excluding hydrogens is 394 g/mol. The summed E-state index contributed by atoms with van der Waals surface area (Å²) in [5.74, 6) is 0.632. The van der Waals surface area contributed by atoms with Crippen LogP contribution in [0.4, 0.5) is 4.79 Å². The molecule has 3 aromatic heterocycles. The van der Waals surface area contributed by atoms with Gasteiger partial charge in [-0.2, -0.15) is 5.10 Å². The van der Waals surface area contributed by atoms with E-state index in [1.807, 2.05) is 64.4 Å². The monoisotopic (exact) mass is 425 g/mol. The highest BCUT2D eigenvalue weighted by atomic mass is 16.6. The van der Waals surface area contributed by atoms with Crippen LogP contribution in [0, 0.1) is 0 Å². The van der Waals surface area contributed by atoms with Gasteiger partial charge in [0, 0.05) is 25.4 Å². The van der Waals surface area contributed by atoms with Crippen molar-refractivity contribution >= 4 is 17.8 Å². The predicted octanol–water partition coefficient (Wildman–Crippen LogP) is 4.40.